The number of hydrogen-bond acceptors (Lipinski definition) is 5. The van der Waals surface area contributed by atoms with Crippen LogP contribution < -0.4 is 0 Å². The molecule has 1 aromatic heterocycles. The molecule has 2 aromatic carbocycles. The van der Waals surface area contributed by atoms with Crippen molar-refractivity contribution >= 4 is 44.7 Å². The van der Waals surface area contributed by atoms with Gasteiger partial charge in [0.05, 0.1) is 9.77 Å². The summed E-state index contributed by atoms with van der Waals surface area (Å²) in [6, 6.07) is 17.1. The minimum absolute atomic E-state index is 0.0990. The number of carbonyl (C=O) groups excluding carboxylic acids is 2. The Bertz CT molecular complexity index is 1240. The summed E-state index contributed by atoms with van der Waals surface area (Å²) in [5, 5.41) is 0.657. The average Bonchev–Trinajstić information content (AvgIpc) is 3.29. The molecule has 2 heterocycles. The standard InChI is InChI=1S/C23H21ClN2O4S2/c1-16(27)17-4-8-20(9-5-17)32(29,30)26-14-12-25(13-15-26)23(28)22-11-10-21(31-22)18-2-6-19(24)7-3-18/h2-11H,12-15H2,1H3. The van der Waals surface area contributed by atoms with E-state index in [-0.39, 0.29) is 29.7 Å². The van der Waals surface area contributed by atoms with Crippen molar-refractivity contribution in [1.82, 2.24) is 9.21 Å². The number of nitrogens with zero attached hydrogens (tertiary/aromatic N) is 2. The molecule has 3 aromatic rings. The van der Waals surface area contributed by atoms with E-state index in [2.05, 4.69) is 0 Å². The molecule has 0 atom stereocenters. The number of amides is 1. The second-order valence-electron chi connectivity index (χ2n) is 7.45. The van der Waals surface area contributed by atoms with E-state index in [4.69, 9.17) is 11.6 Å². The molecule has 0 radical (unpaired) electrons. The zero-order valence-corrected chi connectivity index (χ0v) is 19.7. The number of carbonyl (C=O) groups is 2. The second kappa shape index (κ2) is 9.15. The van der Waals surface area contributed by atoms with Crippen molar-refractivity contribution in [2.75, 3.05) is 26.2 Å². The van der Waals surface area contributed by atoms with Gasteiger partial charge in [0.15, 0.2) is 5.78 Å². The monoisotopic (exact) mass is 488 g/mol. The Hall–Kier alpha value is -2.52. The lowest BCUT2D eigenvalue weighted by Gasteiger charge is -2.33. The van der Waals surface area contributed by atoms with Gasteiger partial charge < -0.3 is 4.90 Å². The highest BCUT2D eigenvalue weighted by molar-refractivity contribution is 7.89. The van der Waals surface area contributed by atoms with Gasteiger partial charge in [0.1, 0.15) is 0 Å². The molecule has 0 N–H and O–H groups in total. The van der Waals surface area contributed by atoms with E-state index < -0.39 is 10.0 Å². The number of piperazine rings is 1. The number of ketones is 1. The molecule has 0 aliphatic carbocycles. The molecular weight excluding hydrogens is 468 g/mol. The molecular formula is C23H21ClN2O4S2. The van der Waals surface area contributed by atoms with E-state index in [0.29, 0.717) is 28.6 Å². The highest BCUT2D eigenvalue weighted by Gasteiger charge is 2.31. The molecule has 1 aliphatic rings. The molecule has 166 valence electrons. The van der Waals surface area contributed by atoms with Crippen molar-refractivity contribution in [3.8, 4) is 10.4 Å². The molecule has 1 amide bonds. The van der Waals surface area contributed by atoms with Crippen LogP contribution in [0.25, 0.3) is 10.4 Å². The van der Waals surface area contributed by atoms with Gasteiger partial charge in [-0.05, 0) is 48.9 Å². The van der Waals surface area contributed by atoms with E-state index in [0.717, 1.165) is 10.4 Å². The molecule has 0 saturated carbocycles. The fourth-order valence-electron chi connectivity index (χ4n) is 3.52. The zero-order valence-electron chi connectivity index (χ0n) is 17.3. The third kappa shape index (κ3) is 4.63. The van der Waals surface area contributed by atoms with Crippen LogP contribution in [0.3, 0.4) is 0 Å². The predicted octanol–water partition coefficient (Wildman–Crippen LogP) is 4.42. The number of benzene rings is 2. The average molecular weight is 489 g/mol. The number of sulfonamides is 1. The number of thiophene rings is 1. The normalized spacial score (nSPS) is 15.0. The summed E-state index contributed by atoms with van der Waals surface area (Å²) in [5.74, 6) is -0.216. The van der Waals surface area contributed by atoms with E-state index in [1.54, 1.807) is 11.0 Å². The Morgan fingerprint density at radius 2 is 1.50 bits per heavy atom. The summed E-state index contributed by atoms with van der Waals surface area (Å²) in [5.41, 5.74) is 1.46. The lowest BCUT2D eigenvalue weighted by Crippen LogP contribution is -2.50. The van der Waals surface area contributed by atoms with Crippen molar-refractivity contribution < 1.29 is 18.0 Å². The van der Waals surface area contributed by atoms with Gasteiger partial charge in [-0.3, -0.25) is 9.59 Å². The SMILES string of the molecule is CC(=O)c1ccc(S(=O)(=O)N2CCN(C(=O)c3ccc(-c4ccc(Cl)cc4)s3)CC2)cc1. The van der Waals surface area contributed by atoms with E-state index in [1.807, 2.05) is 30.3 Å². The first kappa shape index (κ1) is 22.7. The van der Waals surface area contributed by atoms with Crippen LogP contribution in [-0.2, 0) is 10.0 Å². The van der Waals surface area contributed by atoms with Crippen molar-refractivity contribution in [1.29, 1.82) is 0 Å². The summed E-state index contributed by atoms with van der Waals surface area (Å²) in [6.07, 6.45) is 0. The topological polar surface area (TPSA) is 74.8 Å². The van der Waals surface area contributed by atoms with Crippen LogP contribution >= 0.6 is 22.9 Å². The Kier molecular flexibility index (Phi) is 6.48. The minimum atomic E-state index is -3.68. The minimum Gasteiger partial charge on any atom is -0.335 e. The third-order valence-corrected chi connectivity index (χ3v) is 8.66. The Labute approximate surface area is 196 Å². The van der Waals surface area contributed by atoms with Gasteiger partial charge >= 0.3 is 0 Å². The zero-order chi connectivity index (χ0) is 22.9. The van der Waals surface area contributed by atoms with Crippen molar-refractivity contribution in [2.24, 2.45) is 0 Å². The summed E-state index contributed by atoms with van der Waals surface area (Å²) < 4.78 is 27.2. The Morgan fingerprint density at radius 3 is 2.09 bits per heavy atom. The third-order valence-electron chi connectivity index (χ3n) is 5.37. The molecule has 32 heavy (non-hydrogen) atoms. The summed E-state index contributed by atoms with van der Waals surface area (Å²) in [7, 11) is -3.68. The van der Waals surface area contributed by atoms with Crippen LogP contribution in [-0.4, -0.2) is 55.5 Å². The molecule has 9 heteroatoms. The van der Waals surface area contributed by atoms with Crippen molar-refractivity contribution in [3.63, 3.8) is 0 Å². The lowest BCUT2D eigenvalue weighted by molar-refractivity contribution is 0.0702. The van der Waals surface area contributed by atoms with Gasteiger partial charge in [0, 0.05) is 41.6 Å². The number of halogens is 1. The highest BCUT2D eigenvalue weighted by atomic mass is 35.5. The van der Waals surface area contributed by atoms with E-state index in [9.17, 15) is 18.0 Å². The first-order valence-electron chi connectivity index (χ1n) is 10.0. The van der Waals surface area contributed by atoms with Gasteiger partial charge in [-0.2, -0.15) is 4.31 Å². The van der Waals surface area contributed by atoms with E-state index in [1.165, 1.54) is 46.8 Å². The van der Waals surface area contributed by atoms with Crippen LogP contribution in [0.1, 0.15) is 27.0 Å². The Balaban J connectivity index is 1.41. The summed E-state index contributed by atoms with van der Waals surface area (Å²) in [4.78, 5) is 27.8. The fourth-order valence-corrected chi connectivity index (χ4v) is 6.05. The van der Waals surface area contributed by atoms with Gasteiger partial charge in [-0.15, -0.1) is 11.3 Å². The first-order valence-corrected chi connectivity index (χ1v) is 12.7. The van der Waals surface area contributed by atoms with Crippen molar-refractivity contribution in [3.05, 3.63) is 76.1 Å². The van der Waals surface area contributed by atoms with Crippen molar-refractivity contribution in [2.45, 2.75) is 11.8 Å². The smallest absolute Gasteiger partial charge is 0.264 e. The second-order valence-corrected chi connectivity index (χ2v) is 10.9. The number of hydrogen-bond donors (Lipinski definition) is 0. The summed E-state index contributed by atoms with van der Waals surface area (Å²) >= 11 is 7.35. The van der Waals surface area contributed by atoms with Gasteiger partial charge in [-0.1, -0.05) is 35.9 Å². The molecule has 1 aliphatic heterocycles. The van der Waals surface area contributed by atoms with Crippen LogP contribution in [0.15, 0.2) is 65.6 Å². The Morgan fingerprint density at radius 1 is 0.875 bits per heavy atom. The molecule has 1 fully saturated rings. The maximum atomic E-state index is 12.9. The first-order chi connectivity index (χ1) is 15.3. The van der Waals surface area contributed by atoms with Crippen LogP contribution in [0.2, 0.25) is 5.02 Å². The van der Waals surface area contributed by atoms with Crippen LogP contribution in [0, 0.1) is 0 Å². The molecule has 0 spiro atoms. The summed E-state index contributed by atoms with van der Waals surface area (Å²) in [6.45, 7) is 2.51. The van der Waals surface area contributed by atoms with E-state index >= 15 is 0 Å². The lowest BCUT2D eigenvalue weighted by atomic mass is 10.2. The van der Waals surface area contributed by atoms with Crippen LogP contribution in [0.4, 0.5) is 0 Å². The molecule has 4 rings (SSSR count). The molecule has 6 nitrogen and oxygen atoms in total. The maximum absolute atomic E-state index is 12.9. The maximum Gasteiger partial charge on any atom is 0.264 e. The molecule has 1 saturated heterocycles. The quantitative estimate of drug-likeness (QED) is 0.498. The predicted molar refractivity (Wildman–Crippen MR) is 126 cm³/mol. The number of rotatable bonds is 5. The van der Waals surface area contributed by atoms with Gasteiger partial charge in [-0.25, -0.2) is 8.42 Å². The van der Waals surface area contributed by atoms with Gasteiger partial charge in [0.2, 0.25) is 10.0 Å². The largest absolute Gasteiger partial charge is 0.335 e. The molecule has 0 bridgehead atoms. The highest BCUT2D eigenvalue weighted by Crippen LogP contribution is 2.30. The van der Waals surface area contributed by atoms with Crippen LogP contribution in [0.5, 0.6) is 0 Å². The molecule has 0 unspecified atom stereocenters. The fraction of sp³-hybridized carbons (Fsp3) is 0.217. The van der Waals surface area contributed by atoms with Gasteiger partial charge in [0.25, 0.3) is 5.91 Å². The number of Topliss-reactive ketones (excluding diaryl/α,β-unsaturated/α-hetero) is 1.